The van der Waals surface area contributed by atoms with Gasteiger partial charge in [-0.05, 0) is 30.3 Å². The summed E-state index contributed by atoms with van der Waals surface area (Å²) in [5.41, 5.74) is 2.54. The summed E-state index contributed by atoms with van der Waals surface area (Å²) in [5.74, 6) is 0.759. The van der Waals surface area contributed by atoms with Gasteiger partial charge in [0.1, 0.15) is 17.3 Å². The fraction of sp³-hybridized carbons (Fsp3) is 0.280. The molecule has 2 aliphatic rings. The van der Waals surface area contributed by atoms with Crippen LogP contribution in [0.1, 0.15) is 10.5 Å². The second-order valence-electron chi connectivity index (χ2n) is 8.25. The van der Waals surface area contributed by atoms with Crippen LogP contribution in [0.5, 0.6) is 5.75 Å². The number of carbonyl (C=O) groups is 2. The quantitative estimate of drug-likeness (QED) is 0.567. The predicted octanol–water partition coefficient (Wildman–Crippen LogP) is 2.59. The van der Waals surface area contributed by atoms with E-state index in [0.717, 1.165) is 37.6 Å². The van der Waals surface area contributed by atoms with E-state index in [1.807, 2.05) is 30.3 Å². The monoisotopic (exact) mass is 473 g/mol. The highest BCUT2D eigenvalue weighted by Crippen LogP contribution is 2.28. The number of ether oxygens (including phenoxy) is 1. The second-order valence-corrected chi connectivity index (χ2v) is 8.25. The first-order chi connectivity index (χ1) is 17.1. The third-order valence-electron chi connectivity index (χ3n) is 6.12. The first kappa shape index (κ1) is 22.6. The second kappa shape index (κ2) is 9.98. The molecule has 0 bridgehead atoms. The molecule has 1 aromatic carbocycles. The van der Waals surface area contributed by atoms with Crippen LogP contribution in [-0.4, -0.2) is 68.3 Å². The molecule has 2 N–H and O–H groups in total. The molecule has 0 unspecified atom stereocenters. The van der Waals surface area contributed by atoms with Crippen molar-refractivity contribution in [3.8, 4) is 5.75 Å². The molecule has 10 heteroatoms. The lowest BCUT2D eigenvalue weighted by Gasteiger charge is -2.30. The van der Waals surface area contributed by atoms with E-state index < -0.39 is 0 Å². The van der Waals surface area contributed by atoms with E-state index in [4.69, 9.17) is 4.74 Å². The molecule has 5 rings (SSSR count). The van der Waals surface area contributed by atoms with Crippen LogP contribution in [0.2, 0.25) is 0 Å². The lowest BCUT2D eigenvalue weighted by molar-refractivity contribution is 0.102. The fourth-order valence-corrected chi connectivity index (χ4v) is 4.32. The molecule has 3 aromatic rings. The maximum atomic E-state index is 13.1. The summed E-state index contributed by atoms with van der Waals surface area (Å²) in [6.45, 7) is 4.44. The lowest BCUT2D eigenvalue weighted by atomic mass is 10.2. The molecule has 0 radical (unpaired) electrons. The van der Waals surface area contributed by atoms with Crippen molar-refractivity contribution in [2.24, 2.45) is 0 Å². The standard InChI is InChI=1S/C25H27N7O3/c1-35-19-5-2-4-18(16-19)31-14-15-32(25(31)34)23-7-3-6-20(28-23)24(33)29-21-17-27-9-8-22(21)30-12-10-26-11-13-30/h2-9,16-17,26H,10-15H2,1H3,(H,29,33). The van der Waals surface area contributed by atoms with Gasteiger partial charge in [-0.3, -0.25) is 19.6 Å². The van der Waals surface area contributed by atoms with Crippen molar-refractivity contribution < 1.29 is 14.3 Å². The van der Waals surface area contributed by atoms with Gasteiger partial charge in [-0.25, -0.2) is 9.78 Å². The average molecular weight is 474 g/mol. The van der Waals surface area contributed by atoms with Gasteiger partial charge in [0.2, 0.25) is 0 Å². The summed E-state index contributed by atoms with van der Waals surface area (Å²) in [6.07, 6.45) is 3.37. The van der Waals surface area contributed by atoms with Crippen LogP contribution in [0.3, 0.4) is 0 Å². The molecule has 2 saturated heterocycles. The van der Waals surface area contributed by atoms with Crippen molar-refractivity contribution in [1.29, 1.82) is 0 Å². The smallest absolute Gasteiger partial charge is 0.330 e. The Morgan fingerprint density at radius 1 is 1.03 bits per heavy atom. The number of rotatable bonds is 6. The maximum absolute atomic E-state index is 13.1. The number of anilines is 4. The highest BCUT2D eigenvalue weighted by atomic mass is 16.5. The van der Waals surface area contributed by atoms with E-state index in [9.17, 15) is 9.59 Å². The Balaban J connectivity index is 1.32. The number of pyridine rings is 2. The number of amides is 3. The SMILES string of the molecule is COc1cccc(N2CCN(c3cccc(C(=O)Nc4cnccc4N4CCNCC4)n3)C2=O)c1. The zero-order valence-electron chi connectivity index (χ0n) is 19.5. The van der Waals surface area contributed by atoms with Crippen molar-refractivity contribution >= 4 is 34.8 Å². The molecule has 2 aromatic heterocycles. The number of carbonyl (C=O) groups excluding carboxylic acids is 2. The van der Waals surface area contributed by atoms with Crippen molar-refractivity contribution in [1.82, 2.24) is 15.3 Å². The number of hydrogen-bond donors (Lipinski definition) is 2. The van der Waals surface area contributed by atoms with Gasteiger partial charge in [-0.15, -0.1) is 0 Å². The van der Waals surface area contributed by atoms with Crippen LogP contribution in [0, 0.1) is 0 Å². The van der Waals surface area contributed by atoms with Gasteiger partial charge >= 0.3 is 6.03 Å². The molecular weight excluding hydrogens is 446 g/mol. The maximum Gasteiger partial charge on any atom is 0.330 e. The minimum absolute atomic E-state index is 0.198. The third-order valence-corrected chi connectivity index (χ3v) is 6.12. The summed E-state index contributed by atoms with van der Waals surface area (Å²) in [6, 6.07) is 14.2. The van der Waals surface area contributed by atoms with Crippen LogP contribution >= 0.6 is 0 Å². The molecule has 180 valence electrons. The normalized spacial score (nSPS) is 15.9. The topological polar surface area (TPSA) is 103 Å². The van der Waals surface area contributed by atoms with E-state index in [2.05, 4.69) is 25.5 Å². The zero-order chi connectivity index (χ0) is 24.2. The van der Waals surface area contributed by atoms with Crippen molar-refractivity contribution in [3.63, 3.8) is 0 Å². The number of aromatic nitrogens is 2. The van der Waals surface area contributed by atoms with Crippen LogP contribution in [0.4, 0.5) is 27.7 Å². The van der Waals surface area contributed by atoms with E-state index in [-0.39, 0.29) is 17.6 Å². The van der Waals surface area contributed by atoms with E-state index in [1.165, 1.54) is 0 Å². The Labute approximate surface area is 203 Å². The molecule has 4 heterocycles. The highest BCUT2D eigenvalue weighted by molar-refractivity contribution is 6.07. The first-order valence-corrected chi connectivity index (χ1v) is 11.6. The predicted molar refractivity (Wildman–Crippen MR) is 135 cm³/mol. The largest absolute Gasteiger partial charge is 0.497 e. The van der Waals surface area contributed by atoms with Gasteiger partial charge in [0, 0.05) is 57.2 Å². The Kier molecular flexibility index (Phi) is 6.44. The van der Waals surface area contributed by atoms with Crippen LogP contribution in [0.25, 0.3) is 0 Å². The molecule has 0 aliphatic carbocycles. The van der Waals surface area contributed by atoms with Gasteiger partial charge in [-0.1, -0.05) is 12.1 Å². The highest BCUT2D eigenvalue weighted by Gasteiger charge is 2.32. The van der Waals surface area contributed by atoms with E-state index in [0.29, 0.717) is 30.3 Å². The Hall–Kier alpha value is -4.18. The summed E-state index contributed by atoms with van der Waals surface area (Å²) < 4.78 is 5.28. The summed E-state index contributed by atoms with van der Waals surface area (Å²) in [7, 11) is 1.59. The third kappa shape index (κ3) is 4.73. The molecule has 0 atom stereocenters. The Morgan fingerprint density at radius 2 is 1.83 bits per heavy atom. The van der Waals surface area contributed by atoms with Crippen LogP contribution < -0.4 is 30.1 Å². The Bertz CT molecular complexity index is 1230. The van der Waals surface area contributed by atoms with Crippen molar-refractivity contribution in [2.75, 3.05) is 66.4 Å². The lowest BCUT2D eigenvalue weighted by Crippen LogP contribution is -2.43. The van der Waals surface area contributed by atoms with Crippen LogP contribution in [0.15, 0.2) is 60.9 Å². The average Bonchev–Trinajstić information content (AvgIpc) is 3.30. The molecule has 0 saturated carbocycles. The molecular formula is C25H27N7O3. The number of methoxy groups -OCH3 is 1. The molecule has 35 heavy (non-hydrogen) atoms. The minimum atomic E-state index is -0.354. The Morgan fingerprint density at radius 3 is 2.66 bits per heavy atom. The van der Waals surface area contributed by atoms with Gasteiger partial charge in [0.25, 0.3) is 5.91 Å². The number of benzene rings is 1. The minimum Gasteiger partial charge on any atom is -0.497 e. The van der Waals surface area contributed by atoms with Gasteiger partial charge in [0.15, 0.2) is 0 Å². The molecule has 2 fully saturated rings. The van der Waals surface area contributed by atoms with Gasteiger partial charge < -0.3 is 20.3 Å². The van der Waals surface area contributed by atoms with Crippen molar-refractivity contribution in [2.45, 2.75) is 0 Å². The van der Waals surface area contributed by atoms with Crippen LogP contribution in [-0.2, 0) is 0 Å². The number of nitrogens with zero attached hydrogens (tertiary/aromatic N) is 5. The number of nitrogens with one attached hydrogen (secondary N) is 2. The first-order valence-electron chi connectivity index (χ1n) is 11.6. The number of hydrogen-bond acceptors (Lipinski definition) is 7. The van der Waals surface area contributed by atoms with Gasteiger partial charge in [-0.2, -0.15) is 0 Å². The molecule has 2 aliphatic heterocycles. The van der Waals surface area contributed by atoms with Gasteiger partial charge in [0.05, 0.1) is 24.7 Å². The summed E-state index contributed by atoms with van der Waals surface area (Å²) >= 11 is 0. The molecule has 3 amide bonds. The number of piperazine rings is 1. The summed E-state index contributed by atoms with van der Waals surface area (Å²) in [4.78, 5) is 40.4. The van der Waals surface area contributed by atoms with E-state index in [1.54, 1.807) is 47.5 Å². The zero-order valence-corrected chi connectivity index (χ0v) is 19.5. The van der Waals surface area contributed by atoms with E-state index >= 15 is 0 Å². The number of urea groups is 1. The molecule has 10 nitrogen and oxygen atoms in total. The molecule has 0 spiro atoms. The van der Waals surface area contributed by atoms with Crippen molar-refractivity contribution in [3.05, 3.63) is 66.6 Å². The fourth-order valence-electron chi connectivity index (χ4n) is 4.32. The summed E-state index contributed by atoms with van der Waals surface area (Å²) in [5, 5.41) is 6.28.